The SMILES string of the molecule is O=C(NCCC1CCN(CC2CN(C(C(=O)O)C3CCCCC3)CC2c2ccccc2)CC1)c1ccccc1. The van der Waals surface area contributed by atoms with Crippen LogP contribution in [0.3, 0.4) is 0 Å². The van der Waals surface area contributed by atoms with E-state index in [4.69, 9.17) is 0 Å². The fourth-order valence-electron chi connectivity index (χ4n) is 7.37. The number of nitrogens with zero attached hydrogens (tertiary/aromatic N) is 2. The van der Waals surface area contributed by atoms with Crippen LogP contribution in [0.1, 0.15) is 73.2 Å². The highest BCUT2D eigenvalue weighted by molar-refractivity contribution is 5.94. The predicted octanol–water partition coefficient (Wildman–Crippen LogP) is 5.27. The van der Waals surface area contributed by atoms with Crippen molar-refractivity contribution in [1.29, 1.82) is 0 Å². The molecule has 3 atom stereocenters. The molecule has 2 aromatic rings. The van der Waals surface area contributed by atoms with Gasteiger partial charge in [-0.1, -0.05) is 67.8 Å². The zero-order valence-corrected chi connectivity index (χ0v) is 23.2. The number of piperidine rings is 1. The maximum Gasteiger partial charge on any atom is 0.321 e. The van der Waals surface area contributed by atoms with Crippen molar-refractivity contribution in [3.05, 3.63) is 71.8 Å². The van der Waals surface area contributed by atoms with Crippen LogP contribution in [0.2, 0.25) is 0 Å². The summed E-state index contributed by atoms with van der Waals surface area (Å²) in [6.07, 6.45) is 9.02. The molecule has 6 heteroatoms. The van der Waals surface area contributed by atoms with Gasteiger partial charge < -0.3 is 15.3 Å². The number of carboxylic acid groups (broad SMARTS) is 1. The second-order valence-electron chi connectivity index (χ2n) is 12.1. The number of nitrogens with one attached hydrogen (secondary N) is 1. The molecule has 5 rings (SSSR count). The monoisotopic (exact) mass is 531 g/mol. The highest BCUT2D eigenvalue weighted by Crippen LogP contribution is 2.38. The molecule has 39 heavy (non-hydrogen) atoms. The summed E-state index contributed by atoms with van der Waals surface area (Å²) in [5, 5.41) is 13.4. The summed E-state index contributed by atoms with van der Waals surface area (Å²) in [6.45, 7) is 5.65. The van der Waals surface area contributed by atoms with Gasteiger partial charge in [-0.3, -0.25) is 14.5 Å². The third kappa shape index (κ3) is 7.29. The molecule has 3 aliphatic rings. The van der Waals surface area contributed by atoms with Gasteiger partial charge in [-0.15, -0.1) is 0 Å². The molecule has 2 heterocycles. The lowest BCUT2D eigenvalue weighted by Gasteiger charge is -2.35. The Balaban J connectivity index is 1.15. The number of aliphatic carboxylic acids is 1. The van der Waals surface area contributed by atoms with E-state index in [0.29, 0.717) is 17.8 Å². The molecule has 1 aliphatic carbocycles. The summed E-state index contributed by atoms with van der Waals surface area (Å²) in [6, 6.07) is 19.8. The van der Waals surface area contributed by atoms with Gasteiger partial charge in [-0.2, -0.15) is 0 Å². The highest BCUT2D eigenvalue weighted by atomic mass is 16.4. The first-order valence-electron chi connectivity index (χ1n) is 15.2. The van der Waals surface area contributed by atoms with E-state index in [0.717, 1.165) is 76.9 Å². The van der Waals surface area contributed by atoms with Gasteiger partial charge in [0, 0.05) is 37.7 Å². The van der Waals surface area contributed by atoms with E-state index in [1.807, 2.05) is 30.3 Å². The van der Waals surface area contributed by atoms with E-state index in [9.17, 15) is 14.7 Å². The molecule has 2 aliphatic heterocycles. The molecule has 2 aromatic carbocycles. The summed E-state index contributed by atoms with van der Waals surface area (Å²) in [5.74, 6) is 1.13. The van der Waals surface area contributed by atoms with Crippen LogP contribution >= 0.6 is 0 Å². The number of amides is 1. The predicted molar refractivity (Wildman–Crippen MR) is 155 cm³/mol. The Morgan fingerprint density at radius 1 is 0.872 bits per heavy atom. The Hall–Kier alpha value is -2.70. The van der Waals surface area contributed by atoms with Gasteiger partial charge >= 0.3 is 5.97 Å². The van der Waals surface area contributed by atoms with E-state index in [1.165, 1.54) is 24.8 Å². The van der Waals surface area contributed by atoms with Gasteiger partial charge in [-0.05, 0) is 80.6 Å². The van der Waals surface area contributed by atoms with Gasteiger partial charge in [-0.25, -0.2) is 0 Å². The number of carboxylic acids is 1. The van der Waals surface area contributed by atoms with Gasteiger partial charge in [0.15, 0.2) is 0 Å². The van der Waals surface area contributed by atoms with Crippen LogP contribution < -0.4 is 5.32 Å². The van der Waals surface area contributed by atoms with Gasteiger partial charge in [0.1, 0.15) is 6.04 Å². The molecule has 0 radical (unpaired) electrons. The normalized spacial score (nSPS) is 24.4. The third-order valence-corrected chi connectivity index (χ3v) is 9.51. The van der Waals surface area contributed by atoms with Gasteiger partial charge in [0.25, 0.3) is 5.91 Å². The van der Waals surface area contributed by atoms with Crippen LogP contribution in [0.15, 0.2) is 60.7 Å². The number of carbonyl (C=O) groups is 2. The molecule has 6 nitrogen and oxygen atoms in total. The average Bonchev–Trinajstić information content (AvgIpc) is 3.38. The van der Waals surface area contributed by atoms with E-state index in [2.05, 4.69) is 45.4 Å². The lowest BCUT2D eigenvalue weighted by Crippen LogP contribution is -2.46. The zero-order valence-electron chi connectivity index (χ0n) is 23.2. The number of hydrogen-bond acceptors (Lipinski definition) is 4. The maximum atomic E-state index is 12.5. The summed E-state index contributed by atoms with van der Waals surface area (Å²) >= 11 is 0. The quantitative estimate of drug-likeness (QED) is 0.437. The van der Waals surface area contributed by atoms with Gasteiger partial charge in [0.2, 0.25) is 0 Å². The first-order valence-corrected chi connectivity index (χ1v) is 15.2. The number of carbonyl (C=O) groups excluding carboxylic acids is 1. The number of benzene rings is 2. The summed E-state index contributed by atoms with van der Waals surface area (Å²) in [5.41, 5.74) is 2.07. The molecule has 210 valence electrons. The van der Waals surface area contributed by atoms with Crippen molar-refractivity contribution in [2.45, 2.75) is 63.3 Å². The molecule has 3 fully saturated rings. The van der Waals surface area contributed by atoms with E-state index in [-0.39, 0.29) is 17.9 Å². The molecule has 0 spiro atoms. The molecule has 0 bridgehead atoms. The minimum absolute atomic E-state index is 0.0127. The van der Waals surface area contributed by atoms with E-state index in [1.54, 1.807) is 0 Å². The Morgan fingerprint density at radius 3 is 2.21 bits per heavy atom. The number of rotatable bonds is 10. The minimum atomic E-state index is -0.630. The van der Waals surface area contributed by atoms with Crippen LogP contribution in [-0.4, -0.2) is 72.1 Å². The zero-order chi connectivity index (χ0) is 27.0. The summed E-state index contributed by atoms with van der Waals surface area (Å²) in [4.78, 5) is 29.8. The Labute approximate surface area is 233 Å². The molecule has 1 saturated carbocycles. The largest absolute Gasteiger partial charge is 0.480 e. The topological polar surface area (TPSA) is 72.9 Å². The fourth-order valence-corrected chi connectivity index (χ4v) is 7.37. The molecule has 3 unspecified atom stereocenters. The molecule has 0 aromatic heterocycles. The average molecular weight is 532 g/mol. The van der Waals surface area contributed by atoms with Crippen LogP contribution in [0.25, 0.3) is 0 Å². The third-order valence-electron chi connectivity index (χ3n) is 9.51. The van der Waals surface area contributed by atoms with Crippen LogP contribution in [0, 0.1) is 17.8 Å². The van der Waals surface area contributed by atoms with Crippen molar-refractivity contribution in [3.8, 4) is 0 Å². The minimum Gasteiger partial charge on any atom is -0.480 e. The van der Waals surface area contributed by atoms with E-state index < -0.39 is 5.97 Å². The molecule has 2 saturated heterocycles. The van der Waals surface area contributed by atoms with Crippen molar-refractivity contribution in [2.24, 2.45) is 17.8 Å². The second-order valence-corrected chi connectivity index (χ2v) is 12.1. The first kappa shape index (κ1) is 27.9. The molecular weight excluding hydrogens is 486 g/mol. The Bertz CT molecular complexity index is 1050. The summed E-state index contributed by atoms with van der Waals surface area (Å²) in [7, 11) is 0. The number of hydrogen-bond donors (Lipinski definition) is 2. The maximum absolute atomic E-state index is 12.5. The van der Waals surface area contributed by atoms with Crippen molar-refractivity contribution >= 4 is 11.9 Å². The standard InChI is InChI=1S/C33H45N3O3/c37-32(28-14-8-3-9-15-28)34-19-16-25-17-20-35(21-18-25)22-29-23-36(24-30(29)26-10-4-1-5-11-26)31(33(38)39)27-12-6-2-7-13-27/h1,3-5,8-11,14-15,25,27,29-31H,2,6-7,12-13,16-24H2,(H,34,37)(H,38,39). The number of likely N-dealkylation sites (tertiary alicyclic amines) is 2. The van der Waals surface area contributed by atoms with Crippen LogP contribution in [0.4, 0.5) is 0 Å². The Kier molecular flexibility index (Phi) is 9.70. The molecule has 2 N–H and O–H groups in total. The van der Waals surface area contributed by atoms with Crippen LogP contribution in [0.5, 0.6) is 0 Å². The highest BCUT2D eigenvalue weighted by Gasteiger charge is 2.43. The lowest BCUT2D eigenvalue weighted by atomic mass is 9.83. The van der Waals surface area contributed by atoms with Crippen molar-refractivity contribution in [2.75, 3.05) is 39.3 Å². The second kappa shape index (κ2) is 13.6. The van der Waals surface area contributed by atoms with E-state index >= 15 is 0 Å². The smallest absolute Gasteiger partial charge is 0.321 e. The molecule has 1 amide bonds. The fraction of sp³-hybridized carbons (Fsp3) is 0.576. The van der Waals surface area contributed by atoms with Crippen molar-refractivity contribution in [1.82, 2.24) is 15.1 Å². The summed E-state index contributed by atoms with van der Waals surface area (Å²) < 4.78 is 0. The van der Waals surface area contributed by atoms with Gasteiger partial charge in [0.05, 0.1) is 0 Å². The Morgan fingerprint density at radius 2 is 1.54 bits per heavy atom. The van der Waals surface area contributed by atoms with Crippen LogP contribution in [-0.2, 0) is 4.79 Å². The molecular formula is C33H45N3O3. The van der Waals surface area contributed by atoms with Crippen molar-refractivity contribution in [3.63, 3.8) is 0 Å². The lowest BCUT2D eigenvalue weighted by molar-refractivity contribution is -0.145. The first-order chi connectivity index (χ1) is 19.1. The van der Waals surface area contributed by atoms with Crippen molar-refractivity contribution < 1.29 is 14.7 Å².